The number of halogens is 1. The molecule has 1 aromatic rings. The van der Waals surface area contributed by atoms with Crippen LogP contribution in [0.5, 0.6) is 5.75 Å². The Hall–Kier alpha value is -3.14. The summed E-state index contributed by atoms with van der Waals surface area (Å²) in [5, 5.41) is 8.32. The highest BCUT2D eigenvalue weighted by atomic mass is 19.1. The number of rotatable bonds is 8. The topological polar surface area (TPSA) is 85.6 Å². The molecule has 0 N–H and O–H groups in total. The third-order valence-corrected chi connectivity index (χ3v) is 2.58. The Labute approximate surface area is 138 Å². The summed E-state index contributed by atoms with van der Waals surface area (Å²) >= 11 is 0. The summed E-state index contributed by atoms with van der Waals surface area (Å²) < 4.78 is 28.3. The molecule has 0 saturated heterocycles. The zero-order valence-electron chi connectivity index (χ0n) is 13.1. The normalized spacial score (nSPS) is 10.0. The number of hydrogen-bond acceptors (Lipinski definition) is 6. The Morgan fingerprint density at radius 1 is 1.38 bits per heavy atom. The molecule has 0 aliphatic carbocycles. The maximum Gasteiger partial charge on any atom is 0.335 e. The van der Waals surface area contributed by atoms with Crippen LogP contribution in [0.2, 0.25) is 0 Å². The number of hydrogen-bond donors (Lipinski definition) is 0. The van der Waals surface area contributed by atoms with Crippen LogP contribution in [0.25, 0.3) is 6.08 Å². The van der Waals surface area contributed by atoms with Gasteiger partial charge in [-0.2, -0.15) is 5.26 Å². The van der Waals surface area contributed by atoms with Crippen LogP contribution in [-0.2, 0) is 19.1 Å². The van der Waals surface area contributed by atoms with Crippen LogP contribution < -0.4 is 4.74 Å². The molecule has 0 aliphatic rings. The first-order chi connectivity index (χ1) is 11.4. The maximum absolute atomic E-state index is 13.8. The molecule has 0 bridgehead atoms. The highest BCUT2D eigenvalue weighted by Gasteiger charge is 2.07. The lowest BCUT2D eigenvalue weighted by Crippen LogP contribution is -2.11. The quantitative estimate of drug-likeness (QED) is 0.315. The highest BCUT2D eigenvalue weighted by molar-refractivity contribution is 5.87. The van der Waals surface area contributed by atoms with Crippen molar-refractivity contribution in [1.29, 1.82) is 5.26 Å². The van der Waals surface area contributed by atoms with E-state index >= 15 is 0 Å². The molecule has 0 aliphatic heterocycles. The second kappa shape index (κ2) is 9.79. The highest BCUT2D eigenvalue weighted by Crippen LogP contribution is 2.19. The van der Waals surface area contributed by atoms with E-state index in [9.17, 15) is 14.0 Å². The molecule has 1 aromatic carbocycles. The Morgan fingerprint density at radius 2 is 2.12 bits per heavy atom. The maximum atomic E-state index is 13.8. The predicted octanol–water partition coefficient (Wildman–Crippen LogP) is 2.75. The van der Waals surface area contributed by atoms with Crippen LogP contribution in [0.4, 0.5) is 4.39 Å². The van der Waals surface area contributed by atoms with Crippen LogP contribution in [-0.4, -0.2) is 25.3 Å². The third kappa shape index (κ3) is 6.75. The van der Waals surface area contributed by atoms with E-state index in [0.29, 0.717) is 5.56 Å². The average Bonchev–Trinajstić information content (AvgIpc) is 2.54. The molecular weight excluding hydrogens is 317 g/mol. The van der Waals surface area contributed by atoms with Crippen LogP contribution in [0.3, 0.4) is 0 Å². The second-order valence-electron chi connectivity index (χ2n) is 4.57. The van der Waals surface area contributed by atoms with E-state index in [1.54, 1.807) is 0 Å². The summed E-state index contributed by atoms with van der Waals surface area (Å²) in [7, 11) is 0. The zero-order chi connectivity index (χ0) is 17.9. The lowest BCUT2D eigenvalue weighted by atomic mass is 10.2. The predicted molar refractivity (Wildman–Crippen MR) is 83.0 cm³/mol. The minimum Gasteiger partial charge on any atom is -0.461 e. The molecule has 0 spiro atoms. The molecule has 0 fully saturated rings. The molecule has 0 unspecified atom stereocenters. The SMILES string of the molecule is C=C(C)C(=O)OCOc1ccc(/C=C/C(=O)OCCC#N)cc1F. The summed E-state index contributed by atoms with van der Waals surface area (Å²) in [4.78, 5) is 22.5. The minimum atomic E-state index is -0.679. The van der Waals surface area contributed by atoms with Gasteiger partial charge in [0.1, 0.15) is 6.61 Å². The van der Waals surface area contributed by atoms with Gasteiger partial charge in [-0.3, -0.25) is 0 Å². The summed E-state index contributed by atoms with van der Waals surface area (Å²) in [6.07, 6.45) is 2.60. The largest absolute Gasteiger partial charge is 0.461 e. The number of esters is 2. The number of benzene rings is 1. The molecule has 0 radical (unpaired) electrons. The number of carbonyl (C=O) groups excluding carboxylic acids is 2. The van der Waals surface area contributed by atoms with E-state index in [1.165, 1.54) is 25.1 Å². The van der Waals surface area contributed by atoms with Gasteiger partial charge in [-0.1, -0.05) is 12.6 Å². The van der Waals surface area contributed by atoms with E-state index in [1.807, 2.05) is 6.07 Å². The molecule has 0 atom stereocenters. The summed E-state index contributed by atoms with van der Waals surface area (Å²) in [5.41, 5.74) is 0.622. The van der Waals surface area contributed by atoms with Crippen molar-refractivity contribution in [3.05, 3.63) is 47.8 Å². The molecule has 7 heteroatoms. The smallest absolute Gasteiger partial charge is 0.335 e. The molecule has 0 saturated carbocycles. The molecule has 1 rings (SSSR count). The van der Waals surface area contributed by atoms with Gasteiger partial charge < -0.3 is 14.2 Å². The minimum absolute atomic E-state index is 0.00369. The van der Waals surface area contributed by atoms with Crippen molar-refractivity contribution in [1.82, 2.24) is 0 Å². The fraction of sp³-hybridized carbons (Fsp3) is 0.235. The van der Waals surface area contributed by atoms with Gasteiger partial charge in [-0.15, -0.1) is 0 Å². The van der Waals surface area contributed by atoms with Crippen molar-refractivity contribution in [3.63, 3.8) is 0 Å². The number of ether oxygens (including phenoxy) is 3. The van der Waals surface area contributed by atoms with Crippen molar-refractivity contribution in [2.45, 2.75) is 13.3 Å². The summed E-state index contributed by atoms with van der Waals surface area (Å²) in [6, 6.07) is 5.84. The number of nitrogens with zero attached hydrogens (tertiary/aromatic N) is 1. The average molecular weight is 333 g/mol. The van der Waals surface area contributed by atoms with Gasteiger partial charge in [-0.05, 0) is 30.7 Å². The molecule has 24 heavy (non-hydrogen) atoms. The lowest BCUT2D eigenvalue weighted by Gasteiger charge is -2.08. The molecule has 0 heterocycles. The Morgan fingerprint density at radius 3 is 2.75 bits per heavy atom. The standard InChI is InChI=1S/C17H16FNO5/c1-12(2)17(21)24-11-23-15-6-4-13(10-14(15)18)5-7-16(20)22-9-3-8-19/h4-7,10H,1,3,9,11H2,2H3/b7-5+. The van der Waals surface area contributed by atoms with Crippen molar-refractivity contribution in [2.24, 2.45) is 0 Å². The number of carbonyl (C=O) groups is 2. The van der Waals surface area contributed by atoms with E-state index in [4.69, 9.17) is 19.5 Å². The molecule has 126 valence electrons. The van der Waals surface area contributed by atoms with Gasteiger partial charge in [0, 0.05) is 11.6 Å². The molecule has 0 amide bonds. The van der Waals surface area contributed by atoms with Gasteiger partial charge in [0.25, 0.3) is 0 Å². The van der Waals surface area contributed by atoms with E-state index < -0.39 is 24.5 Å². The fourth-order valence-electron chi connectivity index (χ4n) is 1.42. The van der Waals surface area contributed by atoms with E-state index in [2.05, 4.69) is 6.58 Å². The van der Waals surface area contributed by atoms with Crippen molar-refractivity contribution >= 4 is 18.0 Å². The van der Waals surface area contributed by atoms with Crippen molar-refractivity contribution in [3.8, 4) is 11.8 Å². The molecular formula is C17H16FNO5. The number of nitriles is 1. The molecule has 0 aromatic heterocycles. The van der Waals surface area contributed by atoms with Gasteiger partial charge >= 0.3 is 11.9 Å². The Balaban J connectivity index is 2.55. The lowest BCUT2D eigenvalue weighted by molar-refractivity contribution is -0.145. The first-order valence-corrected chi connectivity index (χ1v) is 6.91. The van der Waals surface area contributed by atoms with E-state index in [-0.39, 0.29) is 24.4 Å². The Bertz CT molecular complexity index is 691. The monoisotopic (exact) mass is 333 g/mol. The second-order valence-corrected chi connectivity index (χ2v) is 4.57. The van der Waals surface area contributed by atoms with E-state index in [0.717, 1.165) is 12.1 Å². The molecule has 6 nitrogen and oxygen atoms in total. The van der Waals surface area contributed by atoms with Crippen molar-refractivity contribution < 1.29 is 28.2 Å². The first-order valence-electron chi connectivity index (χ1n) is 6.91. The Kier molecular flexibility index (Phi) is 7.71. The fourth-order valence-corrected chi connectivity index (χ4v) is 1.42. The summed E-state index contributed by atoms with van der Waals surface area (Å²) in [5.74, 6) is -2.04. The van der Waals surface area contributed by atoms with Gasteiger partial charge in [0.15, 0.2) is 11.6 Å². The third-order valence-electron chi connectivity index (χ3n) is 2.58. The van der Waals surface area contributed by atoms with Crippen LogP contribution in [0.1, 0.15) is 18.9 Å². The summed E-state index contributed by atoms with van der Waals surface area (Å²) in [6.45, 7) is 4.45. The van der Waals surface area contributed by atoms with Gasteiger partial charge in [0.05, 0.1) is 12.5 Å². The van der Waals surface area contributed by atoms with Crippen molar-refractivity contribution in [2.75, 3.05) is 13.4 Å². The van der Waals surface area contributed by atoms with Crippen LogP contribution >= 0.6 is 0 Å². The van der Waals surface area contributed by atoms with Crippen LogP contribution in [0.15, 0.2) is 36.4 Å². The zero-order valence-corrected chi connectivity index (χ0v) is 13.1. The van der Waals surface area contributed by atoms with Crippen LogP contribution in [0, 0.1) is 17.1 Å². The van der Waals surface area contributed by atoms with Gasteiger partial charge in [0.2, 0.25) is 6.79 Å². The first kappa shape index (κ1) is 18.9. The van der Waals surface area contributed by atoms with Gasteiger partial charge in [-0.25, -0.2) is 14.0 Å².